The number of hydrogen-bond acceptors (Lipinski definition) is 4. The highest BCUT2D eigenvalue weighted by Gasteiger charge is 2.16. The first-order valence-electron chi connectivity index (χ1n) is 4.87. The van der Waals surface area contributed by atoms with E-state index in [1.807, 2.05) is 19.2 Å². The van der Waals surface area contributed by atoms with Crippen molar-refractivity contribution in [2.24, 2.45) is 11.7 Å². The molecule has 14 heavy (non-hydrogen) atoms. The number of carbonyl (C=O) groups excluding carboxylic acids is 1. The molecule has 1 aromatic rings. The van der Waals surface area contributed by atoms with Gasteiger partial charge in [-0.15, -0.1) is 11.3 Å². The summed E-state index contributed by atoms with van der Waals surface area (Å²) >= 11 is 1.52. The van der Waals surface area contributed by atoms with E-state index in [2.05, 4.69) is 4.98 Å². The topological polar surface area (TPSA) is 56.0 Å². The monoisotopic (exact) mass is 212 g/mol. The highest BCUT2D eigenvalue weighted by molar-refractivity contribution is 7.09. The number of carbonyl (C=O) groups is 1. The Balaban J connectivity index is 2.71. The normalized spacial score (nSPS) is 12.8. The van der Waals surface area contributed by atoms with E-state index in [0.717, 1.165) is 17.8 Å². The van der Waals surface area contributed by atoms with Crippen molar-refractivity contribution in [1.29, 1.82) is 0 Å². The van der Waals surface area contributed by atoms with Crippen LogP contribution >= 0.6 is 11.3 Å². The van der Waals surface area contributed by atoms with Gasteiger partial charge >= 0.3 is 0 Å². The summed E-state index contributed by atoms with van der Waals surface area (Å²) in [6, 6.07) is 0. The van der Waals surface area contributed by atoms with Gasteiger partial charge in [-0.05, 0) is 13.0 Å². The minimum Gasteiger partial charge on any atom is -0.330 e. The fourth-order valence-corrected chi connectivity index (χ4v) is 1.90. The predicted octanol–water partition coefficient (Wildman–Crippen LogP) is 1.87. The van der Waals surface area contributed by atoms with Gasteiger partial charge in [0.1, 0.15) is 5.69 Å². The van der Waals surface area contributed by atoms with Crippen molar-refractivity contribution in [3.05, 3.63) is 16.1 Å². The number of thiazole rings is 1. The fourth-order valence-electron chi connectivity index (χ4n) is 1.10. The lowest BCUT2D eigenvalue weighted by Crippen LogP contribution is -2.11. The number of nitrogens with zero attached hydrogens (tertiary/aromatic N) is 1. The molecule has 0 aromatic carbocycles. The van der Waals surface area contributed by atoms with Crippen LogP contribution in [0.1, 0.15) is 35.8 Å². The molecule has 0 aliphatic carbocycles. The fraction of sp³-hybridized carbons (Fsp3) is 0.600. The van der Waals surface area contributed by atoms with E-state index in [9.17, 15) is 4.79 Å². The van der Waals surface area contributed by atoms with E-state index in [1.54, 1.807) is 0 Å². The van der Waals surface area contributed by atoms with Gasteiger partial charge in [-0.1, -0.05) is 13.8 Å². The molecule has 0 spiro atoms. The van der Waals surface area contributed by atoms with Crippen LogP contribution in [0.25, 0.3) is 0 Å². The molecule has 4 heteroatoms. The van der Waals surface area contributed by atoms with Crippen LogP contribution in [0.15, 0.2) is 5.38 Å². The zero-order valence-electron chi connectivity index (χ0n) is 8.62. The average molecular weight is 212 g/mol. The lowest BCUT2D eigenvalue weighted by atomic mass is 10.0. The highest BCUT2D eigenvalue weighted by atomic mass is 32.1. The van der Waals surface area contributed by atoms with Crippen molar-refractivity contribution in [3.8, 4) is 0 Å². The number of nitrogens with two attached hydrogens (primary N) is 1. The summed E-state index contributed by atoms with van der Waals surface area (Å²) in [4.78, 5) is 16.0. The number of rotatable bonds is 5. The quantitative estimate of drug-likeness (QED) is 0.758. The van der Waals surface area contributed by atoms with Crippen LogP contribution in [-0.4, -0.2) is 17.3 Å². The summed E-state index contributed by atoms with van der Waals surface area (Å²) in [6.07, 6.45) is 1.63. The molecule has 2 N–H and O–H groups in total. The lowest BCUT2D eigenvalue weighted by Gasteiger charge is -2.03. The molecule has 0 saturated heterocycles. The van der Waals surface area contributed by atoms with Gasteiger partial charge in [0.25, 0.3) is 0 Å². The second-order valence-corrected chi connectivity index (χ2v) is 4.28. The number of hydrogen-bond donors (Lipinski definition) is 1. The summed E-state index contributed by atoms with van der Waals surface area (Å²) in [5.74, 6) is 0.217. The van der Waals surface area contributed by atoms with Crippen LogP contribution in [0.5, 0.6) is 0 Å². The molecule has 1 heterocycles. The minimum atomic E-state index is 0.0721. The number of ketones is 1. The third kappa shape index (κ3) is 2.62. The molecule has 78 valence electrons. The molecule has 0 aliphatic heterocycles. The average Bonchev–Trinajstić information content (AvgIpc) is 2.64. The number of Topliss-reactive ketones (excluding diaryl/α,β-unsaturated/α-hetero) is 1. The Bertz CT molecular complexity index is 309. The summed E-state index contributed by atoms with van der Waals surface area (Å²) in [6.45, 7) is 4.53. The number of aromatic nitrogens is 1. The van der Waals surface area contributed by atoms with Crippen molar-refractivity contribution in [2.45, 2.75) is 26.7 Å². The maximum Gasteiger partial charge on any atom is 0.184 e. The second-order valence-electron chi connectivity index (χ2n) is 3.34. The molecule has 0 aliphatic rings. The summed E-state index contributed by atoms with van der Waals surface area (Å²) in [5, 5.41) is 2.79. The van der Waals surface area contributed by atoms with Gasteiger partial charge in [0.05, 0.1) is 5.01 Å². The van der Waals surface area contributed by atoms with Gasteiger partial charge in [-0.25, -0.2) is 4.98 Å². The predicted molar refractivity (Wildman–Crippen MR) is 58.7 cm³/mol. The molecule has 0 saturated carbocycles. The molecule has 1 atom stereocenters. The zero-order chi connectivity index (χ0) is 10.6. The van der Waals surface area contributed by atoms with E-state index in [4.69, 9.17) is 5.73 Å². The van der Waals surface area contributed by atoms with Crippen LogP contribution in [-0.2, 0) is 6.42 Å². The van der Waals surface area contributed by atoms with Gasteiger partial charge in [0.15, 0.2) is 5.78 Å². The second kappa shape index (κ2) is 5.22. The van der Waals surface area contributed by atoms with Gasteiger partial charge < -0.3 is 5.73 Å². The Morgan fingerprint density at radius 1 is 1.71 bits per heavy atom. The molecular formula is C10H16N2OS. The Morgan fingerprint density at radius 2 is 2.43 bits per heavy atom. The zero-order valence-corrected chi connectivity index (χ0v) is 9.43. The van der Waals surface area contributed by atoms with Crippen molar-refractivity contribution < 1.29 is 4.79 Å². The molecule has 0 amide bonds. The van der Waals surface area contributed by atoms with Gasteiger partial charge in [-0.3, -0.25) is 4.79 Å². The summed E-state index contributed by atoms with van der Waals surface area (Å²) in [5.41, 5.74) is 6.02. The Kier molecular flexibility index (Phi) is 4.22. The highest BCUT2D eigenvalue weighted by Crippen LogP contribution is 2.15. The summed E-state index contributed by atoms with van der Waals surface area (Å²) < 4.78 is 0. The van der Waals surface area contributed by atoms with Gasteiger partial charge in [0.2, 0.25) is 0 Å². The van der Waals surface area contributed by atoms with E-state index < -0.39 is 0 Å². The van der Waals surface area contributed by atoms with E-state index in [1.165, 1.54) is 11.3 Å². The van der Waals surface area contributed by atoms with Crippen molar-refractivity contribution in [3.63, 3.8) is 0 Å². The summed E-state index contributed by atoms with van der Waals surface area (Å²) in [7, 11) is 0. The third-order valence-corrected chi connectivity index (χ3v) is 3.13. The molecule has 0 fully saturated rings. The Labute approximate surface area is 88.3 Å². The third-order valence-electron chi connectivity index (χ3n) is 2.22. The van der Waals surface area contributed by atoms with Crippen molar-refractivity contribution in [2.75, 3.05) is 6.54 Å². The van der Waals surface area contributed by atoms with Crippen LogP contribution in [0.2, 0.25) is 0 Å². The molecule has 0 bridgehead atoms. The Morgan fingerprint density at radius 3 is 3.00 bits per heavy atom. The largest absolute Gasteiger partial charge is 0.330 e. The molecule has 0 radical (unpaired) electrons. The first kappa shape index (κ1) is 11.3. The van der Waals surface area contributed by atoms with Gasteiger partial charge in [0, 0.05) is 17.7 Å². The van der Waals surface area contributed by atoms with Crippen LogP contribution in [0, 0.1) is 5.92 Å². The lowest BCUT2D eigenvalue weighted by molar-refractivity contribution is 0.0922. The van der Waals surface area contributed by atoms with Crippen molar-refractivity contribution >= 4 is 17.1 Å². The van der Waals surface area contributed by atoms with Crippen LogP contribution < -0.4 is 5.73 Å². The smallest absolute Gasteiger partial charge is 0.184 e. The van der Waals surface area contributed by atoms with Crippen molar-refractivity contribution in [1.82, 2.24) is 4.98 Å². The van der Waals surface area contributed by atoms with Crippen LogP contribution in [0.4, 0.5) is 0 Å². The maximum absolute atomic E-state index is 11.7. The minimum absolute atomic E-state index is 0.0721. The molecule has 1 unspecified atom stereocenters. The first-order valence-corrected chi connectivity index (χ1v) is 5.75. The molecule has 1 rings (SSSR count). The Hall–Kier alpha value is -0.740. The SMILES string of the molecule is CCC(C)C(=O)c1csc(CCN)n1. The standard InChI is InChI=1S/C10H16N2OS/c1-3-7(2)10(13)8-6-14-9(12-8)4-5-11/h6-7H,3-5,11H2,1-2H3. The molecular weight excluding hydrogens is 196 g/mol. The first-order chi connectivity index (χ1) is 6.69. The van der Waals surface area contributed by atoms with E-state index in [0.29, 0.717) is 12.2 Å². The van der Waals surface area contributed by atoms with Gasteiger partial charge in [-0.2, -0.15) is 0 Å². The van der Waals surface area contributed by atoms with E-state index in [-0.39, 0.29) is 11.7 Å². The maximum atomic E-state index is 11.7. The van der Waals surface area contributed by atoms with Crippen LogP contribution in [0.3, 0.4) is 0 Å². The molecule has 1 aromatic heterocycles. The van der Waals surface area contributed by atoms with E-state index >= 15 is 0 Å². The molecule has 3 nitrogen and oxygen atoms in total.